The number of rotatable bonds is 8. The van der Waals surface area contributed by atoms with Crippen LogP contribution < -0.4 is 10.2 Å². The highest BCUT2D eigenvalue weighted by Gasteiger charge is 2.24. The number of hydrogen-bond acceptors (Lipinski definition) is 7. The normalized spacial score (nSPS) is 13.2. The van der Waals surface area contributed by atoms with Crippen LogP contribution in [0.3, 0.4) is 0 Å². The van der Waals surface area contributed by atoms with Crippen LogP contribution in [-0.2, 0) is 14.3 Å². The Morgan fingerprint density at radius 1 is 1.12 bits per heavy atom. The standard InChI is InChI=1S/C23H25FN4O6/c1-26(14-21(29)25-17-7-5-16(24)6-8-17)22(30)15-34-23(31)19-13-18(28(32)33)9-10-20(19)27-11-3-2-4-12-27/h5-10,13H,2-4,11-12,14-15H2,1H3,(H,25,29). The summed E-state index contributed by atoms with van der Waals surface area (Å²) in [5.74, 6) is -2.45. The van der Waals surface area contributed by atoms with Gasteiger partial charge in [0.05, 0.1) is 22.7 Å². The van der Waals surface area contributed by atoms with E-state index in [1.807, 2.05) is 4.90 Å². The molecule has 2 aromatic rings. The number of benzene rings is 2. The second kappa shape index (κ2) is 11.2. The average Bonchev–Trinajstić information content (AvgIpc) is 2.83. The molecule has 0 spiro atoms. The first-order valence-corrected chi connectivity index (χ1v) is 10.7. The number of nitro benzene ring substituents is 1. The number of piperidine rings is 1. The second-order valence-corrected chi connectivity index (χ2v) is 7.89. The molecule has 1 fully saturated rings. The summed E-state index contributed by atoms with van der Waals surface area (Å²) in [6.07, 6.45) is 2.95. The number of carbonyl (C=O) groups excluding carboxylic acids is 3. The van der Waals surface area contributed by atoms with Gasteiger partial charge in [-0.05, 0) is 49.6 Å². The maximum Gasteiger partial charge on any atom is 0.341 e. The molecule has 180 valence electrons. The van der Waals surface area contributed by atoms with Crippen LogP contribution >= 0.6 is 0 Å². The lowest BCUT2D eigenvalue weighted by Gasteiger charge is -2.30. The molecule has 0 atom stereocenters. The van der Waals surface area contributed by atoms with Crippen molar-refractivity contribution in [3.8, 4) is 0 Å². The Labute approximate surface area is 195 Å². The Morgan fingerprint density at radius 3 is 2.44 bits per heavy atom. The first-order valence-electron chi connectivity index (χ1n) is 10.7. The molecule has 1 N–H and O–H groups in total. The molecule has 0 bridgehead atoms. The number of anilines is 2. The van der Waals surface area contributed by atoms with E-state index in [0.29, 0.717) is 24.5 Å². The fraction of sp³-hybridized carbons (Fsp3) is 0.348. The number of carbonyl (C=O) groups is 3. The van der Waals surface area contributed by atoms with Crippen molar-refractivity contribution in [2.24, 2.45) is 0 Å². The van der Waals surface area contributed by atoms with E-state index in [2.05, 4.69) is 5.32 Å². The number of non-ortho nitro benzene ring substituents is 1. The van der Waals surface area contributed by atoms with Gasteiger partial charge >= 0.3 is 5.97 Å². The third-order valence-corrected chi connectivity index (χ3v) is 5.37. The molecule has 1 aliphatic rings. The molecular weight excluding hydrogens is 447 g/mol. The molecular formula is C23H25FN4O6. The smallest absolute Gasteiger partial charge is 0.341 e. The minimum absolute atomic E-state index is 0.0144. The molecule has 0 aromatic heterocycles. The van der Waals surface area contributed by atoms with Crippen molar-refractivity contribution in [1.82, 2.24) is 4.90 Å². The second-order valence-electron chi connectivity index (χ2n) is 7.89. The predicted octanol–water partition coefficient (Wildman–Crippen LogP) is 2.98. The van der Waals surface area contributed by atoms with Gasteiger partial charge < -0.3 is 19.9 Å². The van der Waals surface area contributed by atoms with Gasteiger partial charge in [0.2, 0.25) is 5.91 Å². The van der Waals surface area contributed by atoms with Crippen molar-refractivity contribution in [1.29, 1.82) is 0 Å². The van der Waals surface area contributed by atoms with Crippen LogP contribution in [0.2, 0.25) is 0 Å². The summed E-state index contributed by atoms with van der Waals surface area (Å²) in [5.41, 5.74) is 0.651. The predicted molar refractivity (Wildman–Crippen MR) is 122 cm³/mol. The third-order valence-electron chi connectivity index (χ3n) is 5.37. The Kier molecular flexibility index (Phi) is 8.12. The van der Waals surface area contributed by atoms with Crippen LogP contribution in [0.5, 0.6) is 0 Å². The van der Waals surface area contributed by atoms with Crippen molar-refractivity contribution in [2.45, 2.75) is 19.3 Å². The van der Waals surface area contributed by atoms with E-state index in [0.717, 1.165) is 30.2 Å². The van der Waals surface area contributed by atoms with E-state index in [4.69, 9.17) is 4.74 Å². The average molecular weight is 472 g/mol. The lowest BCUT2D eigenvalue weighted by atomic mass is 10.1. The molecule has 1 heterocycles. The van der Waals surface area contributed by atoms with Crippen LogP contribution in [0.25, 0.3) is 0 Å². The van der Waals surface area contributed by atoms with Crippen molar-refractivity contribution >= 4 is 34.8 Å². The number of halogens is 1. The van der Waals surface area contributed by atoms with E-state index < -0.39 is 35.1 Å². The SMILES string of the molecule is CN(CC(=O)Nc1ccc(F)cc1)C(=O)COC(=O)c1cc([N+](=O)[O-])ccc1N1CCCCC1. The molecule has 1 saturated heterocycles. The van der Waals surface area contributed by atoms with Gasteiger partial charge in [0.15, 0.2) is 6.61 Å². The summed E-state index contributed by atoms with van der Waals surface area (Å²) in [5, 5.41) is 13.7. The highest BCUT2D eigenvalue weighted by Crippen LogP contribution is 2.28. The molecule has 2 amide bonds. The maximum absolute atomic E-state index is 13.0. The van der Waals surface area contributed by atoms with Crippen LogP contribution in [0, 0.1) is 15.9 Å². The number of nitrogens with zero attached hydrogens (tertiary/aromatic N) is 3. The van der Waals surface area contributed by atoms with Gasteiger partial charge in [-0.2, -0.15) is 0 Å². The molecule has 0 saturated carbocycles. The van der Waals surface area contributed by atoms with E-state index in [9.17, 15) is 28.9 Å². The van der Waals surface area contributed by atoms with Crippen LogP contribution in [0.1, 0.15) is 29.6 Å². The van der Waals surface area contributed by atoms with E-state index in [-0.39, 0.29) is 17.8 Å². The summed E-state index contributed by atoms with van der Waals surface area (Å²) in [4.78, 5) is 50.9. The molecule has 0 unspecified atom stereocenters. The monoisotopic (exact) mass is 472 g/mol. The largest absolute Gasteiger partial charge is 0.452 e. The topological polar surface area (TPSA) is 122 Å². The summed E-state index contributed by atoms with van der Waals surface area (Å²) >= 11 is 0. The van der Waals surface area contributed by atoms with Crippen molar-refractivity contribution < 1.29 is 28.4 Å². The Balaban J connectivity index is 1.60. The Hall–Kier alpha value is -4.02. The van der Waals surface area contributed by atoms with Crippen molar-refractivity contribution in [2.75, 3.05) is 43.5 Å². The summed E-state index contributed by atoms with van der Waals surface area (Å²) in [6.45, 7) is 0.469. The van der Waals surface area contributed by atoms with E-state index in [1.54, 1.807) is 0 Å². The lowest BCUT2D eigenvalue weighted by molar-refractivity contribution is -0.384. The van der Waals surface area contributed by atoms with Crippen molar-refractivity contribution in [3.63, 3.8) is 0 Å². The quantitative estimate of drug-likeness (QED) is 0.356. The first-order chi connectivity index (χ1) is 16.2. The first kappa shape index (κ1) is 24.6. The van der Waals surface area contributed by atoms with Gasteiger partial charge in [-0.3, -0.25) is 19.7 Å². The number of amides is 2. The number of nitro groups is 1. The molecule has 34 heavy (non-hydrogen) atoms. The zero-order chi connectivity index (χ0) is 24.7. The van der Waals surface area contributed by atoms with Gasteiger partial charge in [0.1, 0.15) is 5.82 Å². The Bertz CT molecular complexity index is 1070. The highest BCUT2D eigenvalue weighted by atomic mass is 19.1. The summed E-state index contributed by atoms with van der Waals surface area (Å²) < 4.78 is 18.1. The molecule has 11 heteroatoms. The summed E-state index contributed by atoms with van der Waals surface area (Å²) in [7, 11) is 1.37. The van der Waals surface area contributed by atoms with Gasteiger partial charge in [-0.1, -0.05) is 0 Å². The number of hydrogen-bond donors (Lipinski definition) is 1. The van der Waals surface area contributed by atoms with Crippen LogP contribution in [0.15, 0.2) is 42.5 Å². The van der Waals surface area contributed by atoms with Gasteiger partial charge in [-0.15, -0.1) is 0 Å². The zero-order valence-electron chi connectivity index (χ0n) is 18.7. The number of ether oxygens (including phenoxy) is 1. The number of nitrogens with one attached hydrogen (secondary N) is 1. The molecule has 0 aliphatic carbocycles. The fourth-order valence-electron chi connectivity index (χ4n) is 3.56. The minimum Gasteiger partial charge on any atom is -0.452 e. The molecule has 3 rings (SSSR count). The number of esters is 1. The molecule has 2 aromatic carbocycles. The van der Waals surface area contributed by atoms with Crippen molar-refractivity contribution in [3.05, 3.63) is 64.0 Å². The lowest BCUT2D eigenvalue weighted by Crippen LogP contribution is -2.37. The fourth-order valence-corrected chi connectivity index (χ4v) is 3.56. The minimum atomic E-state index is -0.859. The highest BCUT2D eigenvalue weighted by molar-refractivity contribution is 5.98. The molecule has 10 nitrogen and oxygen atoms in total. The summed E-state index contributed by atoms with van der Waals surface area (Å²) in [6, 6.07) is 9.15. The van der Waals surface area contributed by atoms with Crippen LogP contribution in [-0.4, -0.2) is 60.9 Å². The zero-order valence-corrected chi connectivity index (χ0v) is 18.7. The van der Waals surface area contributed by atoms with Gasteiger partial charge in [-0.25, -0.2) is 9.18 Å². The van der Waals surface area contributed by atoms with Gasteiger partial charge in [0, 0.05) is 38.0 Å². The number of likely N-dealkylation sites (N-methyl/N-ethyl adjacent to an activating group) is 1. The van der Waals surface area contributed by atoms with E-state index >= 15 is 0 Å². The Morgan fingerprint density at radius 2 is 1.79 bits per heavy atom. The molecule has 0 radical (unpaired) electrons. The third kappa shape index (κ3) is 6.50. The van der Waals surface area contributed by atoms with E-state index in [1.165, 1.54) is 43.4 Å². The van der Waals surface area contributed by atoms with Crippen LogP contribution in [0.4, 0.5) is 21.5 Å². The van der Waals surface area contributed by atoms with Gasteiger partial charge in [0.25, 0.3) is 11.6 Å². The molecule has 1 aliphatic heterocycles. The maximum atomic E-state index is 13.0.